The van der Waals surface area contributed by atoms with Crippen molar-refractivity contribution in [2.24, 2.45) is 5.73 Å². The average molecular weight is 573 g/mol. The maximum atomic E-state index is 14.2. The highest BCUT2D eigenvalue weighted by atomic mass is 19.1. The number of carbonyl (C=O) groups is 4. The number of hydrogen-bond donors (Lipinski definition) is 5. The number of carboxylic acid groups (broad SMARTS) is 1. The van der Waals surface area contributed by atoms with E-state index in [9.17, 15) is 38.0 Å². The lowest BCUT2D eigenvalue weighted by atomic mass is 9.78. The van der Waals surface area contributed by atoms with Crippen LogP contribution in [0.1, 0.15) is 57.5 Å². The number of carboxylic acids is 1. The van der Waals surface area contributed by atoms with Crippen LogP contribution in [0.5, 0.6) is 0 Å². The Morgan fingerprint density at radius 3 is 2.10 bits per heavy atom. The zero-order valence-corrected chi connectivity index (χ0v) is 21.8. The molecular weight excluding hydrogens is 546 g/mol. The summed E-state index contributed by atoms with van der Waals surface area (Å²) in [6.45, 7) is 0.535. The smallest absolute Gasteiger partial charge is 0.481 e. The SMILES string of the molecule is NC(=O)c1cc(F)c2c(c1)B(O)OC2.O=C(O)CCCNC(=O)C1CCCN1C(=O)c1cc(F)c2c(c1)B(O)OC2. The van der Waals surface area contributed by atoms with E-state index in [-0.39, 0.29) is 65.3 Å². The average Bonchev–Trinajstić information content (AvgIpc) is 3.66. The molecule has 0 saturated carbocycles. The molecule has 2 aromatic rings. The predicted molar refractivity (Wildman–Crippen MR) is 140 cm³/mol. The van der Waals surface area contributed by atoms with Crippen LogP contribution in [0.4, 0.5) is 8.78 Å². The van der Waals surface area contributed by atoms with Crippen molar-refractivity contribution in [1.82, 2.24) is 10.2 Å². The van der Waals surface area contributed by atoms with Crippen LogP contribution < -0.4 is 22.0 Å². The van der Waals surface area contributed by atoms with Crippen molar-refractivity contribution in [1.29, 1.82) is 0 Å². The first-order valence-corrected chi connectivity index (χ1v) is 12.8. The summed E-state index contributed by atoms with van der Waals surface area (Å²) in [4.78, 5) is 47.9. The molecule has 1 saturated heterocycles. The van der Waals surface area contributed by atoms with Crippen LogP contribution in [0.15, 0.2) is 24.3 Å². The first-order valence-electron chi connectivity index (χ1n) is 12.8. The third-order valence-electron chi connectivity index (χ3n) is 6.98. The third kappa shape index (κ3) is 6.73. The molecule has 41 heavy (non-hydrogen) atoms. The van der Waals surface area contributed by atoms with Crippen LogP contribution in [0.2, 0.25) is 0 Å². The van der Waals surface area contributed by atoms with Gasteiger partial charge in [0.15, 0.2) is 0 Å². The van der Waals surface area contributed by atoms with Gasteiger partial charge in [0.05, 0.1) is 13.2 Å². The van der Waals surface area contributed by atoms with Crippen molar-refractivity contribution in [3.05, 3.63) is 58.2 Å². The molecule has 0 aliphatic carbocycles. The maximum Gasteiger partial charge on any atom is 0.491 e. The van der Waals surface area contributed by atoms with E-state index in [0.29, 0.717) is 25.8 Å². The molecule has 5 rings (SSSR count). The fourth-order valence-corrected chi connectivity index (χ4v) is 4.85. The molecule has 0 bridgehead atoms. The van der Waals surface area contributed by atoms with Gasteiger partial charge >= 0.3 is 20.2 Å². The number of likely N-dealkylation sites (tertiary alicyclic amines) is 1. The van der Waals surface area contributed by atoms with Crippen molar-refractivity contribution in [2.45, 2.75) is 44.9 Å². The highest BCUT2D eigenvalue weighted by Crippen LogP contribution is 2.23. The number of nitrogens with two attached hydrogens (primary N) is 1. The maximum absolute atomic E-state index is 14.2. The Balaban J connectivity index is 0.000000231. The Morgan fingerprint density at radius 2 is 1.54 bits per heavy atom. The van der Waals surface area contributed by atoms with Crippen molar-refractivity contribution < 1.29 is 52.4 Å². The number of fused-ring (bicyclic) bond motifs is 2. The van der Waals surface area contributed by atoms with Gasteiger partial charge in [-0.15, -0.1) is 0 Å². The van der Waals surface area contributed by atoms with Gasteiger partial charge < -0.3 is 40.4 Å². The Bertz CT molecular complexity index is 1380. The number of primary amides is 1. The molecule has 3 aliphatic heterocycles. The largest absolute Gasteiger partial charge is 0.491 e. The lowest BCUT2D eigenvalue weighted by Crippen LogP contribution is -2.46. The molecule has 0 aromatic heterocycles. The van der Waals surface area contributed by atoms with Crippen LogP contribution in [0, 0.1) is 11.6 Å². The van der Waals surface area contributed by atoms with E-state index >= 15 is 0 Å². The highest BCUT2D eigenvalue weighted by molar-refractivity contribution is 6.62. The van der Waals surface area contributed by atoms with Gasteiger partial charge in [-0.2, -0.15) is 0 Å². The minimum atomic E-state index is -1.27. The quantitative estimate of drug-likeness (QED) is 0.200. The van der Waals surface area contributed by atoms with Crippen LogP contribution in [0.25, 0.3) is 0 Å². The number of benzene rings is 2. The summed E-state index contributed by atoms with van der Waals surface area (Å²) < 4.78 is 37.3. The molecule has 16 heteroatoms. The Morgan fingerprint density at radius 1 is 0.976 bits per heavy atom. The molecule has 2 aromatic carbocycles. The molecule has 0 spiro atoms. The molecule has 1 atom stereocenters. The van der Waals surface area contributed by atoms with Gasteiger partial charge in [-0.25, -0.2) is 8.78 Å². The topological polar surface area (TPSA) is 189 Å². The lowest BCUT2D eigenvalue weighted by Gasteiger charge is -2.24. The fraction of sp³-hybridized carbons (Fsp3) is 0.360. The first kappa shape index (κ1) is 30.1. The van der Waals surface area contributed by atoms with Crippen LogP contribution in [-0.4, -0.2) is 77.1 Å². The van der Waals surface area contributed by atoms with E-state index in [2.05, 4.69) is 5.32 Å². The van der Waals surface area contributed by atoms with E-state index in [0.717, 1.165) is 12.1 Å². The first-order chi connectivity index (χ1) is 19.5. The zero-order valence-electron chi connectivity index (χ0n) is 21.8. The van der Waals surface area contributed by atoms with Gasteiger partial charge in [0.1, 0.15) is 17.7 Å². The Labute approximate surface area is 233 Å². The monoisotopic (exact) mass is 573 g/mol. The number of hydrogen-bond acceptors (Lipinski definition) is 8. The number of aliphatic carboxylic acids is 1. The number of carbonyl (C=O) groups excluding carboxylic acids is 3. The molecule has 0 radical (unpaired) electrons. The molecule has 3 amide bonds. The number of rotatable bonds is 7. The van der Waals surface area contributed by atoms with Gasteiger partial charge in [0.25, 0.3) is 5.91 Å². The fourth-order valence-electron chi connectivity index (χ4n) is 4.85. The Kier molecular flexibility index (Phi) is 9.38. The third-order valence-corrected chi connectivity index (χ3v) is 6.98. The summed E-state index contributed by atoms with van der Waals surface area (Å²) in [6.07, 6.45) is 1.37. The predicted octanol–water partition coefficient (Wildman–Crippen LogP) is -1.23. The van der Waals surface area contributed by atoms with Crippen LogP contribution >= 0.6 is 0 Å². The number of halogens is 2. The Hall–Kier alpha value is -3.85. The van der Waals surface area contributed by atoms with Crippen molar-refractivity contribution in [2.75, 3.05) is 13.1 Å². The minimum absolute atomic E-state index is 0.0153. The normalized spacial score (nSPS) is 17.1. The molecule has 12 nitrogen and oxygen atoms in total. The molecule has 1 fully saturated rings. The van der Waals surface area contributed by atoms with E-state index in [1.165, 1.54) is 17.0 Å². The summed E-state index contributed by atoms with van der Waals surface area (Å²) >= 11 is 0. The van der Waals surface area contributed by atoms with E-state index < -0.39 is 49.7 Å². The van der Waals surface area contributed by atoms with Crippen LogP contribution in [0.3, 0.4) is 0 Å². The molecule has 216 valence electrons. The van der Waals surface area contributed by atoms with E-state index in [1.807, 2.05) is 0 Å². The van der Waals surface area contributed by atoms with Crippen LogP contribution in [-0.2, 0) is 32.1 Å². The van der Waals surface area contributed by atoms with E-state index in [1.54, 1.807) is 0 Å². The van der Waals surface area contributed by atoms with Gasteiger partial charge in [-0.05, 0) is 54.5 Å². The van der Waals surface area contributed by atoms with E-state index in [4.69, 9.17) is 20.1 Å². The van der Waals surface area contributed by atoms with Crippen molar-refractivity contribution >= 4 is 48.9 Å². The number of amides is 3. The summed E-state index contributed by atoms with van der Waals surface area (Å²) in [5.74, 6) is -3.71. The highest BCUT2D eigenvalue weighted by Gasteiger charge is 2.37. The molecule has 3 aliphatic rings. The summed E-state index contributed by atoms with van der Waals surface area (Å²) in [5.41, 5.74) is 6.10. The van der Waals surface area contributed by atoms with Gasteiger partial charge in [0, 0.05) is 41.8 Å². The molecule has 6 N–H and O–H groups in total. The second-order valence-electron chi connectivity index (χ2n) is 9.69. The van der Waals surface area contributed by atoms with Gasteiger partial charge in [-0.1, -0.05) is 0 Å². The number of nitrogens with one attached hydrogen (secondary N) is 1. The summed E-state index contributed by atoms with van der Waals surface area (Å²) in [7, 11) is -2.44. The second-order valence-corrected chi connectivity index (χ2v) is 9.69. The lowest BCUT2D eigenvalue weighted by molar-refractivity contribution is -0.137. The standard InChI is InChI=1S/C17H20BFN2O6.C8H7BFNO3/c19-13-8-10(7-12-11(13)9-27-18(12)26)17(25)21-6-2-3-14(21)16(24)20-5-1-4-15(22)23;10-7-2-4(8(11)12)1-6-5(7)3-14-9(6)13/h7-8,14,26H,1-6,9H2,(H,20,24)(H,22,23);1-2,13H,3H2,(H2,11,12). The van der Waals surface area contributed by atoms with Gasteiger partial charge in [-0.3, -0.25) is 19.2 Å². The summed E-state index contributed by atoms with van der Waals surface area (Å²) in [6, 6.07) is 4.21. The van der Waals surface area contributed by atoms with Crippen molar-refractivity contribution in [3.8, 4) is 0 Å². The minimum Gasteiger partial charge on any atom is -0.481 e. The molecule has 3 heterocycles. The number of nitrogens with zero attached hydrogens (tertiary/aromatic N) is 1. The summed E-state index contributed by atoms with van der Waals surface area (Å²) in [5, 5.41) is 30.3. The zero-order chi connectivity index (χ0) is 29.8. The molecule has 1 unspecified atom stereocenters. The molecular formula is C25H27B2F2N3O9. The second kappa shape index (κ2) is 12.8. The van der Waals surface area contributed by atoms with Crippen molar-refractivity contribution in [3.63, 3.8) is 0 Å². The van der Waals surface area contributed by atoms with Gasteiger partial charge in [0.2, 0.25) is 11.8 Å².